The third-order valence-electron chi connectivity index (χ3n) is 4.45. The predicted octanol–water partition coefficient (Wildman–Crippen LogP) is 4.91. The van der Waals surface area contributed by atoms with Crippen molar-refractivity contribution in [3.8, 4) is 11.1 Å². The van der Waals surface area contributed by atoms with E-state index in [0.29, 0.717) is 12.2 Å². The van der Waals surface area contributed by atoms with Crippen LogP contribution >= 0.6 is 0 Å². The fourth-order valence-corrected chi connectivity index (χ4v) is 3.76. The van der Waals surface area contributed by atoms with Gasteiger partial charge in [-0.25, -0.2) is 18.2 Å². The van der Waals surface area contributed by atoms with E-state index in [4.69, 9.17) is 4.74 Å². The van der Waals surface area contributed by atoms with Crippen LogP contribution in [0.3, 0.4) is 0 Å². The summed E-state index contributed by atoms with van der Waals surface area (Å²) >= 11 is 0. The van der Waals surface area contributed by atoms with Gasteiger partial charge < -0.3 is 4.74 Å². The maximum Gasteiger partial charge on any atom is 0.330 e. The minimum atomic E-state index is -3.77. The fourth-order valence-electron chi connectivity index (χ4n) is 2.75. The van der Waals surface area contributed by atoms with E-state index in [0.717, 1.165) is 24.0 Å². The maximum absolute atomic E-state index is 12.6. The number of rotatable bonds is 9. The molecule has 3 aromatic rings. The van der Waals surface area contributed by atoms with E-state index in [2.05, 4.69) is 9.71 Å². The molecule has 0 saturated heterocycles. The van der Waals surface area contributed by atoms with Crippen molar-refractivity contribution in [2.24, 2.45) is 0 Å². The first-order chi connectivity index (χ1) is 15.0. The number of pyridine rings is 1. The highest BCUT2D eigenvalue weighted by molar-refractivity contribution is 7.92. The van der Waals surface area contributed by atoms with E-state index < -0.39 is 16.0 Å². The Bertz CT molecular complexity index is 1120. The molecule has 0 aliphatic carbocycles. The maximum atomic E-state index is 12.6. The predicted molar refractivity (Wildman–Crippen MR) is 122 cm³/mol. The Kier molecular flexibility index (Phi) is 7.56. The monoisotopic (exact) mass is 436 g/mol. The number of carbonyl (C=O) groups excluding carboxylic acids is 1. The minimum Gasteiger partial charge on any atom is -0.463 e. The molecule has 0 radical (unpaired) electrons. The van der Waals surface area contributed by atoms with Crippen LogP contribution in [0.4, 0.5) is 5.82 Å². The van der Waals surface area contributed by atoms with Crippen molar-refractivity contribution in [3.05, 3.63) is 84.6 Å². The average Bonchev–Trinajstić information content (AvgIpc) is 2.79. The summed E-state index contributed by atoms with van der Waals surface area (Å²) in [7, 11) is -3.77. The summed E-state index contributed by atoms with van der Waals surface area (Å²) in [5, 5.41) is 0. The van der Waals surface area contributed by atoms with Gasteiger partial charge in [0.15, 0.2) is 0 Å². The molecule has 1 heterocycles. The summed E-state index contributed by atoms with van der Waals surface area (Å²) in [5.74, 6) is -0.230. The van der Waals surface area contributed by atoms with Crippen molar-refractivity contribution in [1.29, 1.82) is 0 Å². The zero-order valence-electron chi connectivity index (χ0n) is 17.2. The fraction of sp³-hybridized carbons (Fsp3) is 0.167. The van der Waals surface area contributed by atoms with Crippen LogP contribution in [0.5, 0.6) is 0 Å². The van der Waals surface area contributed by atoms with E-state index in [9.17, 15) is 13.2 Å². The van der Waals surface area contributed by atoms with Crippen molar-refractivity contribution in [1.82, 2.24) is 4.98 Å². The lowest BCUT2D eigenvalue weighted by molar-refractivity contribution is -0.137. The Labute approximate surface area is 182 Å². The third kappa shape index (κ3) is 6.52. The molecule has 0 aliphatic rings. The minimum absolute atomic E-state index is 0.146. The standard InChI is InChI=1S/C24H24N2O4S/c1-2-3-17-30-24(27)16-10-19-9-15-23(25-18-19)26-31(28,29)22-13-11-21(12-14-22)20-7-5-4-6-8-20/h4-16,18H,2-3,17H2,1H3,(H,25,26)/b16-10+. The highest BCUT2D eigenvalue weighted by Gasteiger charge is 2.15. The molecule has 3 rings (SSSR count). The number of unbranched alkanes of at least 4 members (excludes halogenated alkanes) is 1. The van der Waals surface area contributed by atoms with Gasteiger partial charge in [-0.1, -0.05) is 55.8 Å². The molecule has 0 spiro atoms. The van der Waals surface area contributed by atoms with E-state index in [1.165, 1.54) is 18.3 Å². The number of aromatic nitrogens is 1. The Balaban J connectivity index is 1.63. The first kappa shape index (κ1) is 22.2. The zero-order valence-corrected chi connectivity index (χ0v) is 18.0. The Morgan fingerprint density at radius 2 is 1.71 bits per heavy atom. The number of hydrogen-bond acceptors (Lipinski definition) is 5. The van der Waals surface area contributed by atoms with Crippen molar-refractivity contribution in [2.75, 3.05) is 11.3 Å². The number of nitrogens with one attached hydrogen (secondary N) is 1. The molecular weight excluding hydrogens is 412 g/mol. The summed E-state index contributed by atoms with van der Waals surface area (Å²) < 4.78 is 32.8. The van der Waals surface area contributed by atoms with Crippen molar-refractivity contribution < 1.29 is 17.9 Å². The average molecular weight is 437 g/mol. The normalized spacial score (nSPS) is 11.4. The topological polar surface area (TPSA) is 85.4 Å². The lowest BCUT2D eigenvalue weighted by atomic mass is 10.1. The van der Waals surface area contributed by atoms with Gasteiger partial charge in [0.2, 0.25) is 0 Å². The van der Waals surface area contributed by atoms with Gasteiger partial charge in [-0.3, -0.25) is 4.72 Å². The number of nitrogens with zero attached hydrogens (tertiary/aromatic N) is 1. The van der Waals surface area contributed by atoms with E-state index >= 15 is 0 Å². The highest BCUT2D eigenvalue weighted by Crippen LogP contribution is 2.22. The SMILES string of the molecule is CCCCOC(=O)/C=C/c1ccc(NS(=O)(=O)c2ccc(-c3ccccc3)cc2)nc1. The van der Waals surface area contributed by atoms with E-state index in [1.54, 1.807) is 36.4 Å². The van der Waals surface area contributed by atoms with Crippen LogP contribution in [0.1, 0.15) is 25.3 Å². The number of benzene rings is 2. The quantitative estimate of drug-likeness (QED) is 0.293. The van der Waals surface area contributed by atoms with Crippen LogP contribution in [0.2, 0.25) is 0 Å². The molecular formula is C24H24N2O4S. The number of anilines is 1. The summed E-state index contributed by atoms with van der Waals surface area (Å²) in [5.41, 5.74) is 2.60. The zero-order chi connectivity index (χ0) is 22.1. The lowest BCUT2D eigenvalue weighted by Gasteiger charge is -2.08. The molecule has 7 heteroatoms. The van der Waals surface area contributed by atoms with Crippen molar-refractivity contribution >= 4 is 27.9 Å². The number of ether oxygens (including phenoxy) is 1. The molecule has 1 N–H and O–H groups in total. The summed E-state index contributed by atoms with van der Waals surface area (Å²) in [6.07, 6.45) is 6.15. The first-order valence-corrected chi connectivity index (χ1v) is 11.5. The first-order valence-electron chi connectivity index (χ1n) is 9.97. The Morgan fingerprint density at radius 3 is 2.35 bits per heavy atom. The molecule has 160 valence electrons. The van der Waals surface area contributed by atoms with Gasteiger partial charge in [0.25, 0.3) is 10.0 Å². The lowest BCUT2D eigenvalue weighted by Crippen LogP contribution is -2.13. The smallest absolute Gasteiger partial charge is 0.330 e. The molecule has 1 aromatic heterocycles. The molecule has 0 aliphatic heterocycles. The van der Waals surface area contributed by atoms with Crippen molar-refractivity contribution in [2.45, 2.75) is 24.7 Å². The van der Waals surface area contributed by atoms with Crippen LogP contribution in [-0.2, 0) is 19.6 Å². The van der Waals surface area contributed by atoms with Crippen LogP contribution < -0.4 is 4.72 Å². The molecule has 0 unspecified atom stereocenters. The van der Waals surface area contributed by atoms with Gasteiger partial charge in [-0.15, -0.1) is 0 Å². The second-order valence-corrected chi connectivity index (χ2v) is 8.51. The second kappa shape index (κ2) is 10.5. The second-order valence-electron chi connectivity index (χ2n) is 6.83. The van der Waals surface area contributed by atoms with E-state index in [-0.39, 0.29) is 10.7 Å². The van der Waals surface area contributed by atoms with Gasteiger partial charge in [-0.05, 0) is 53.5 Å². The molecule has 0 bridgehead atoms. The third-order valence-corrected chi connectivity index (χ3v) is 5.82. The molecule has 6 nitrogen and oxygen atoms in total. The molecule has 0 atom stereocenters. The number of hydrogen-bond donors (Lipinski definition) is 1. The van der Waals surface area contributed by atoms with Gasteiger partial charge in [0.05, 0.1) is 11.5 Å². The van der Waals surface area contributed by atoms with E-state index in [1.807, 2.05) is 37.3 Å². The number of sulfonamides is 1. The van der Waals surface area contributed by atoms with Crippen LogP contribution in [-0.4, -0.2) is 26.0 Å². The molecule has 2 aromatic carbocycles. The number of carbonyl (C=O) groups is 1. The van der Waals surface area contributed by atoms with Gasteiger partial charge >= 0.3 is 5.97 Å². The molecule has 0 amide bonds. The number of esters is 1. The summed E-state index contributed by atoms with van der Waals surface area (Å²) in [6, 6.07) is 19.6. The molecule has 0 fully saturated rings. The largest absolute Gasteiger partial charge is 0.463 e. The summed E-state index contributed by atoms with van der Waals surface area (Å²) in [4.78, 5) is 15.9. The van der Waals surface area contributed by atoms with Crippen molar-refractivity contribution in [3.63, 3.8) is 0 Å². The summed E-state index contributed by atoms with van der Waals surface area (Å²) in [6.45, 7) is 2.41. The Morgan fingerprint density at radius 1 is 1.00 bits per heavy atom. The molecule has 31 heavy (non-hydrogen) atoms. The van der Waals surface area contributed by atoms with Crippen LogP contribution in [0, 0.1) is 0 Å². The Hall–Kier alpha value is -3.45. The molecule has 0 saturated carbocycles. The highest BCUT2D eigenvalue weighted by atomic mass is 32.2. The van der Waals surface area contributed by atoms with Crippen LogP contribution in [0.25, 0.3) is 17.2 Å². The van der Waals surface area contributed by atoms with Crippen LogP contribution in [0.15, 0.2) is 83.9 Å². The van der Waals surface area contributed by atoms with Gasteiger partial charge in [0, 0.05) is 12.3 Å². The van der Waals surface area contributed by atoms with Gasteiger partial charge in [-0.2, -0.15) is 0 Å². The van der Waals surface area contributed by atoms with Gasteiger partial charge in [0.1, 0.15) is 5.82 Å².